The molecular formula is C10H14F3N3OS. The summed E-state index contributed by atoms with van der Waals surface area (Å²) in [7, 11) is 0. The summed E-state index contributed by atoms with van der Waals surface area (Å²) in [6.07, 6.45) is -4.05. The number of anilines is 1. The van der Waals surface area contributed by atoms with Crippen LogP contribution in [0.15, 0.2) is 11.1 Å². The fraction of sp³-hybridized carbons (Fsp3) is 0.600. The molecule has 1 heterocycles. The monoisotopic (exact) mass is 281 g/mol. The molecule has 0 spiro atoms. The summed E-state index contributed by atoms with van der Waals surface area (Å²) in [6.45, 7) is 2.26. The van der Waals surface area contributed by atoms with Crippen LogP contribution in [0.1, 0.15) is 19.2 Å². The molecule has 0 saturated carbocycles. The van der Waals surface area contributed by atoms with E-state index < -0.39 is 12.0 Å². The number of aromatic nitrogens is 2. The predicted molar refractivity (Wildman–Crippen MR) is 63.6 cm³/mol. The average Bonchev–Trinajstić information content (AvgIpc) is 2.28. The van der Waals surface area contributed by atoms with Crippen molar-refractivity contribution >= 4 is 17.6 Å². The SMILES string of the molecule is CCNc1cc(SCCCO)nc(C(F)(F)F)n1. The number of thioether (sulfide) groups is 1. The van der Waals surface area contributed by atoms with Crippen LogP contribution in [-0.4, -0.2) is 34.0 Å². The van der Waals surface area contributed by atoms with E-state index in [0.29, 0.717) is 18.7 Å². The summed E-state index contributed by atoms with van der Waals surface area (Å²) in [5.74, 6) is -0.477. The summed E-state index contributed by atoms with van der Waals surface area (Å²) in [5.41, 5.74) is 0. The van der Waals surface area contributed by atoms with Gasteiger partial charge in [0.2, 0.25) is 5.82 Å². The van der Waals surface area contributed by atoms with Gasteiger partial charge in [0, 0.05) is 25.0 Å². The van der Waals surface area contributed by atoms with Crippen LogP contribution in [0.3, 0.4) is 0 Å². The summed E-state index contributed by atoms with van der Waals surface area (Å²) in [5, 5.41) is 11.6. The third kappa shape index (κ3) is 4.69. The zero-order valence-electron chi connectivity index (χ0n) is 9.79. The van der Waals surface area contributed by atoms with Gasteiger partial charge in [0.1, 0.15) is 10.8 Å². The minimum Gasteiger partial charge on any atom is -0.396 e. The van der Waals surface area contributed by atoms with Gasteiger partial charge in [0.15, 0.2) is 0 Å². The Morgan fingerprint density at radius 2 is 2.11 bits per heavy atom. The molecule has 1 aromatic heterocycles. The number of halogens is 3. The first-order valence-electron chi connectivity index (χ1n) is 5.41. The second kappa shape index (κ2) is 6.79. The van der Waals surface area contributed by atoms with Crippen LogP contribution in [0.2, 0.25) is 0 Å². The topological polar surface area (TPSA) is 58.0 Å². The van der Waals surface area contributed by atoms with Gasteiger partial charge >= 0.3 is 6.18 Å². The Kier molecular flexibility index (Phi) is 5.67. The lowest BCUT2D eigenvalue weighted by Gasteiger charge is -2.10. The maximum Gasteiger partial charge on any atom is 0.451 e. The smallest absolute Gasteiger partial charge is 0.396 e. The predicted octanol–water partition coefficient (Wildman–Crippen LogP) is 2.40. The van der Waals surface area contributed by atoms with Crippen LogP contribution in [-0.2, 0) is 6.18 Å². The van der Waals surface area contributed by atoms with Crippen molar-refractivity contribution in [2.75, 3.05) is 24.2 Å². The Morgan fingerprint density at radius 3 is 2.67 bits per heavy atom. The molecule has 18 heavy (non-hydrogen) atoms. The molecule has 0 radical (unpaired) electrons. The number of hydrogen-bond donors (Lipinski definition) is 2. The Bertz CT molecular complexity index is 387. The molecule has 1 rings (SSSR count). The normalized spacial score (nSPS) is 11.6. The lowest BCUT2D eigenvalue weighted by molar-refractivity contribution is -0.145. The number of aliphatic hydroxyl groups excluding tert-OH is 1. The molecule has 0 amide bonds. The zero-order valence-corrected chi connectivity index (χ0v) is 10.6. The largest absolute Gasteiger partial charge is 0.451 e. The fourth-order valence-corrected chi connectivity index (χ4v) is 1.97. The van der Waals surface area contributed by atoms with Crippen molar-refractivity contribution in [1.29, 1.82) is 0 Å². The van der Waals surface area contributed by atoms with E-state index in [4.69, 9.17) is 5.11 Å². The van der Waals surface area contributed by atoms with Gasteiger partial charge in [-0.2, -0.15) is 13.2 Å². The molecule has 8 heteroatoms. The highest BCUT2D eigenvalue weighted by molar-refractivity contribution is 7.99. The van der Waals surface area contributed by atoms with Crippen molar-refractivity contribution < 1.29 is 18.3 Å². The van der Waals surface area contributed by atoms with Crippen molar-refractivity contribution in [3.8, 4) is 0 Å². The first kappa shape index (κ1) is 15.0. The van der Waals surface area contributed by atoms with E-state index in [1.54, 1.807) is 6.92 Å². The third-order valence-corrected chi connectivity index (χ3v) is 2.86. The molecule has 0 fully saturated rings. The maximum atomic E-state index is 12.6. The molecule has 0 aliphatic heterocycles. The second-order valence-corrected chi connectivity index (χ2v) is 4.48. The van der Waals surface area contributed by atoms with E-state index in [0.717, 1.165) is 11.8 Å². The van der Waals surface area contributed by atoms with Crippen molar-refractivity contribution in [2.45, 2.75) is 24.5 Å². The Balaban J connectivity index is 2.91. The lowest BCUT2D eigenvalue weighted by atomic mass is 10.5. The van der Waals surface area contributed by atoms with Crippen LogP contribution in [0, 0.1) is 0 Å². The molecule has 1 aromatic rings. The van der Waals surface area contributed by atoms with E-state index in [1.165, 1.54) is 6.07 Å². The summed E-state index contributed by atoms with van der Waals surface area (Å²) in [4.78, 5) is 6.88. The second-order valence-electron chi connectivity index (χ2n) is 3.37. The summed E-state index contributed by atoms with van der Waals surface area (Å²) < 4.78 is 37.7. The highest BCUT2D eigenvalue weighted by atomic mass is 32.2. The van der Waals surface area contributed by atoms with Gasteiger partial charge in [-0.1, -0.05) is 0 Å². The quantitative estimate of drug-likeness (QED) is 0.476. The van der Waals surface area contributed by atoms with Gasteiger partial charge in [-0.05, 0) is 13.3 Å². The van der Waals surface area contributed by atoms with E-state index in [-0.39, 0.29) is 17.5 Å². The van der Waals surface area contributed by atoms with Crippen molar-refractivity contribution in [1.82, 2.24) is 9.97 Å². The minimum absolute atomic E-state index is 0.00424. The Morgan fingerprint density at radius 1 is 1.39 bits per heavy atom. The first-order valence-corrected chi connectivity index (χ1v) is 6.39. The van der Waals surface area contributed by atoms with E-state index >= 15 is 0 Å². The van der Waals surface area contributed by atoms with Gasteiger partial charge in [-0.3, -0.25) is 0 Å². The maximum absolute atomic E-state index is 12.6. The number of hydrogen-bond acceptors (Lipinski definition) is 5. The van der Waals surface area contributed by atoms with Crippen molar-refractivity contribution in [3.05, 3.63) is 11.9 Å². The standard InChI is InChI=1S/C10H14F3N3OS/c1-2-14-7-6-8(18-5-3-4-17)16-9(15-7)10(11,12)13/h6,17H,2-5H2,1H3,(H,14,15,16). The molecule has 0 aliphatic rings. The van der Waals surface area contributed by atoms with Gasteiger partial charge < -0.3 is 10.4 Å². The van der Waals surface area contributed by atoms with Crippen LogP contribution >= 0.6 is 11.8 Å². The number of aliphatic hydroxyl groups is 1. The Hall–Kier alpha value is -1.02. The number of rotatable bonds is 6. The van der Waals surface area contributed by atoms with E-state index in [2.05, 4.69) is 15.3 Å². The van der Waals surface area contributed by atoms with E-state index in [9.17, 15) is 13.2 Å². The number of nitrogens with one attached hydrogen (secondary N) is 1. The third-order valence-electron chi connectivity index (χ3n) is 1.87. The van der Waals surface area contributed by atoms with E-state index in [1.807, 2.05) is 0 Å². The zero-order chi connectivity index (χ0) is 13.6. The molecule has 0 bridgehead atoms. The van der Waals surface area contributed by atoms with Gasteiger partial charge in [0.25, 0.3) is 0 Å². The fourth-order valence-electron chi connectivity index (χ4n) is 1.14. The average molecular weight is 281 g/mol. The van der Waals surface area contributed by atoms with Crippen LogP contribution in [0.4, 0.5) is 19.0 Å². The molecule has 102 valence electrons. The number of alkyl halides is 3. The molecule has 4 nitrogen and oxygen atoms in total. The number of nitrogens with zero attached hydrogens (tertiary/aromatic N) is 2. The molecule has 2 N–H and O–H groups in total. The summed E-state index contributed by atoms with van der Waals surface area (Å²) in [6, 6.07) is 1.47. The first-order chi connectivity index (χ1) is 8.47. The van der Waals surface area contributed by atoms with Crippen LogP contribution in [0.5, 0.6) is 0 Å². The van der Waals surface area contributed by atoms with Crippen molar-refractivity contribution in [3.63, 3.8) is 0 Å². The molecule has 0 atom stereocenters. The van der Waals surface area contributed by atoms with Gasteiger partial charge in [0.05, 0.1) is 0 Å². The molecule has 0 aliphatic carbocycles. The van der Waals surface area contributed by atoms with Crippen LogP contribution < -0.4 is 5.32 Å². The molecule has 0 aromatic carbocycles. The summed E-state index contributed by atoms with van der Waals surface area (Å²) >= 11 is 1.16. The molecular weight excluding hydrogens is 267 g/mol. The van der Waals surface area contributed by atoms with Gasteiger partial charge in [-0.15, -0.1) is 11.8 Å². The highest BCUT2D eigenvalue weighted by Gasteiger charge is 2.35. The van der Waals surface area contributed by atoms with Gasteiger partial charge in [-0.25, -0.2) is 9.97 Å². The highest BCUT2D eigenvalue weighted by Crippen LogP contribution is 2.29. The van der Waals surface area contributed by atoms with Crippen molar-refractivity contribution in [2.24, 2.45) is 0 Å². The van der Waals surface area contributed by atoms with Crippen LogP contribution in [0.25, 0.3) is 0 Å². The molecule has 0 saturated heterocycles. The minimum atomic E-state index is -4.56. The lowest BCUT2D eigenvalue weighted by Crippen LogP contribution is -2.13. The Labute approximate surface area is 107 Å². The molecule has 0 unspecified atom stereocenters.